The van der Waals surface area contributed by atoms with Gasteiger partial charge in [-0.25, -0.2) is 12.8 Å². The highest BCUT2D eigenvalue weighted by Crippen LogP contribution is 2.05. The second-order valence-corrected chi connectivity index (χ2v) is 5.45. The lowest BCUT2D eigenvalue weighted by atomic mass is 10.1. The van der Waals surface area contributed by atoms with Crippen molar-refractivity contribution in [3.63, 3.8) is 0 Å². The van der Waals surface area contributed by atoms with E-state index in [9.17, 15) is 17.6 Å². The first-order valence-electron chi connectivity index (χ1n) is 4.20. The molecule has 1 heterocycles. The van der Waals surface area contributed by atoms with E-state index in [0.29, 0.717) is 0 Å². The number of nitrogens with zero attached hydrogens (tertiary/aromatic N) is 1. The number of Topliss-reactive ketones (excluding diaryl/α,β-unsaturated/α-hetero) is 1. The minimum atomic E-state index is -3.17. The van der Waals surface area contributed by atoms with E-state index >= 15 is 0 Å². The fourth-order valence-corrected chi connectivity index (χ4v) is 1.54. The van der Waals surface area contributed by atoms with Crippen LogP contribution in [0.15, 0.2) is 18.5 Å². The molecule has 15 heavy (non-hydrogen) atoms. The summed E-state index contributed by atoms with van der Waals surface area (Å²) in [6, 6.07) is 1.04. The van der Waals surface area contributed by atoms with Gasteiger partial charge in [0.2, 0.25) is 0 Å². The van der Waals surface area contributed by atoms with Gasteiger partial charge in [-0.05, 0) is 6.07 Å². The smallest absolute Gasteiger partial charge is 0.165 e. The van der Waals surface area contributed by atoms with Crippen LogP contribution in [0.2, 0.25) is 0 Å². The maximum atomic E-state index is 12.7. The molecule has 0 saturated carbocycles. The van der Waals surface area contributed by atoms with Gasteiger partial charge in [-0.2, -0.15) is 0 Å². The summed E-state index contributed by atoms with van der Waals surface area (Å²) in [6.45, 7) is 0. The van der Waals surface area contributed by atoms with Gasteiger partial charge < -0.3 is 0 Å². The summed E-state index contributed by atoms with van der Waals surface area (Å²) >= 11 is 0. The monoisotopic (exact) mass is 231 g/mol. The van der Waals surface area contributed by atoms with Gasteiger partial charge in [0.25, 0.3) is 0 Å². The Labute approximate surface area is 87.1 Å². The van der Waals surface area contributed by atoms with E-state index in [4.69, 9.17) is 0 Å². The SMILES string of the molecule is CS(=O)(=O)CCC(=O)c1cncc(F)c1. The largest absolute Gasteiger partial charge is 0.294 e. The van der Waals surface area contributed by atoms with Crippen molar-refractivity contribution < 1.29 is 17.6 Å². The number of sulfone groups is 1. The number of carbonyl (C=O) groups excluding carboxylic acids is 1. The third kappa shape index (κ3) is 4.16. The van der Waals surface area contributed by atoms with Crippen LogP contribution in [-0.4, -0.2) is 31.2 Å². The summed E-state index contributed by atoms with van der Waals surface area (Å²) in [4.78, 5) is 14.9. The molecule has 0 amide bonds. The number of aromatic nitrogens is 1. The molecule has 6 heteroatoms. The van der Waals surface area contributed by atoms with Crippen LogP contribution in [0.3, 0.4) is 0 Å². The van der Waals surface area contributed by atoms with Gasteiger partial charge in [0.05, 0.1) is 11.9 Å². The lowest BCUT2D eigenvalue weighted by Crippen LogP contribution is -2.09. The number of halogens is 1. The molecular weight excluding hydrogens is 221 g/mol. The highest BCUT2D eigenvalue weighted by Gasteiger charge is 2.11. The van der Waals surface area contributed by atoms with Crippen molar-refractivity contribution >= 4 is 15.6 Å². The molecule has 0 unspecified atom stereocenters. The van der Waals surface area contributed by atoms with Crippen molar-refractivity contribution in [2.24, 2.45) is 0 Å². The lowest BCUT2D eigenvalue weighted by Gasteiger charge is -1.99. The van der Waals surface area contributed by atoms with Crippen LogP contribution in [-0.2, 0) is 9.84 Å². The lowest BCUT2D eigenvalue weighted by molar-refractivity contribution is 0.0988. The van der Waals surface area contributed by atoms with Crippen molar-refractivity contribution in [1.82, 2.24) is 4.98 Å². The molecule has 0 aliphatic rings. The Morgan fingerprint density at radius 2 is 2.13 bits per heavy atom. The molecule has 82 valence electrons. The van der Waals surface area contributed by atoms with Crippen LogP contribution in [0, 0.1) is 5.82 Å². The van der Waals surface area contributed by atoms with Gasteiger partial charge in [0.1, 0.15) is 15.7 Å². The van der Waals surface area contributed by atoms with E-state index in [1.807, 2.05) is 0 Å². The summed E-state index contributed by atoms with van der Waals surface area (Å²) in [6.07, 6.45) is 3.09. The van der Waals surface area contributed by atoms with Gasteiger partial charge >= 0.3 is 0 Å². The van der Waals surface area contributed by atoms with E-state index in [1.165, 1.54) is 6.20 Å². The minimum absolute atomic E-state index is 0.0960. The standard InChI is InChI=1S/C9H10FNO3S/c1-15(13,14)3-2-9(12)7-4-8(10)6-11-5-7/h4-6H,2-3H2,1H3. The summed E-state index contributed by atoms with van der Waals surface area (Å²) < 4.78 is 34.3. The number of pyridine rings is 1. The van der Waals surface area contributed by atoms with Gasteiger partial charge in [-0.15, -0.1) is 0 Å². The molecule has 0 atom stereocenters. The number of ketones is 1. The fraction of sp³-hybridized carbons (Fsp3) is 0.333. The predicted octanol–water partition coefficient (Wildman–Crippen LogP) is 0.838. The molecule has 0 N–H and O–H groups in total. The molecule has 1 aromatic heterocycles. The second kappa shape index (κ2) is 4.48. The van der Waals surface area contributed by atoms with Gasteiger partial charge in [-0.3, -0.25) is 9.78 Å². The summed E-state index contributed by atoms with van der Waals surface area (Å²) in [5.41, 5.74) is 0.0960. The normalized spacial score (nSPS) is 11.3. The second-order valence-electron chi connectivity index (χ2n) is 3.19. The van der Waals surface area contributed by atoms with E-state index in [1.54, 1.807) is 0 Å². The van der Waals surface area contributed by atoms with Crippen LogP contribution >= 0.6 is 0 Å². The van der Waals surface area contributed by atoms with Crippen molar-refractivity contribution in [2.45, 2.75) is 6.42 Å². The Bertz CT molecular complexity index is 470. The van der Waals surface area contributed by atoms with E-state index in [0.717, 1.165) is 18.5 Å². The molecule has 0 aliphatic heterocycles. The Morgan fingerprint density at radius 3 is 2.67 bits per heavy atom. The molecule has 0 saturated heterocycles. The summed E-state index contributed by atoms with van der Waals surface area (Å²) in [7, 11) is -3.17. The average molecular weight is 231 g/mol. The molecule has 0 radical (unpaired) electrons. The van der Waals surface area contributed by atoms with Crippen LogP contribution < -0.4 is 0 Å². The minimum Gasteiger partial charge on any atom is -0.294 e. The van der Waals surface area contributed by atoms with E-state index < -0.39 is 21.4 Å². The zero-order valence-corrected chi connectivity index (χ0v) is 8.92. The fourth-order valence-electron chi connectivity index (χ4n) is 0.987. The van der Waals surface area contributed by atoms with Crippen molar-refractivity contribution in [2.75, 3.05) is 12.0 Å². The Hall–Kier alpha value is -1.30. The predicted molar refractivity (Wildman–Crippen MR) is 52.9 cm³/mol. The number of rotatable bonds is 4. The molecule has 0 bridgehead atoms. The van der Waals surface area contributed by atoms with Gasteiger partial charge in [-0.1, -0.05) is 0 Å². The third-order valence-electron chi connectivity index (χ3n) is 1.73. The zero-order valence-electron chi connectivity index (χ0n) is 8.10. The van der Waals surface area contributed by atoms with Crippen molar-refractivity contribution in [1.29, 1.82) is 0 Å². The topological polar surface area (TPSA) is 64.1 Å². The van der Waals surface area contributed by atoms with E-state index in [-0.39, 0.29) is 17.7 Å². The van der Waals surface area contributed by atoms with Crippen molar-refractivity contribution in [3.05, 3.63) is 29.8 Å². The van der Waals surface area contributed by atoms with Crippen LogP contribution in [0.4, 0.5) is 4.39 Å². The highest BCUT2D eigenvalue weighted by molar-refractivity contribution is 7.90. The Kier molecular flexibility index (Phi) is 3.52. The van der Waals surface area contributed by atoms with E-state index in [2.05, 4.69) is 4.98 Å². The molecular formula is C9H10FNO3S. The zero-order chi connectivity index (χ0) is 11.5. The molecule has 0 spiro atoms. The third-order valence-corrected chi connectivity index (χ3v) is 2.67. The summed E-state index contributed by atoms with van der Waals surface area (Å²) in [5.74, 6) is -1.27. The maximum Gasteiger partial charge on any atom is 0.165 e. The van der Waals surface area contributed by atoms with Gasteiger partial charge in [0.15, 0.2) is 5.78 Å². The summed E-state index contributed by atoms with van der Waals surface area (Å²) in [5, 5.41) is 0. The molecule has 0 aliphatic carbocycles. The van der Waals surface area contributed by atoms with Crippen molar-refractivity contribution in [3.8, 4) is 0 Å². The molecule has 0 aromatic carbocycles. The average Bonchev–Trinajstić information content (AvgIpc) is 2.13. The van der Waals surface area contributed by atoms with Crippen LogP contribution in [0.1, 0.15) is 16.8 Å². The number of carbonyl (C=O) groups is 1. The Balaban J connectivity index is 2.70. The van der Waals surface area contributed by atoms with Crippen LogP contribution in [0.5, 0.6) is 0 Å². The van der Waals surface area contributed by atoms with Gasteiger partial charge in [0, 0.05) is 24.4 Å². The molecule has 1 aromatic rings. The quantitative estimate of drug-likeness (QED) is 0.720. The first-order valence-corrected chi connectivity index (χ1v) is 6.26. The highest BCUT2D eigenvalue weighted by atomic mass is 32.2. The molecule has 4 nitrogen and oxygen atoms in total. The van der Waals surface area contributed by atoms with Crippen LogP contribution in [0.25, 0.3) is 0 Å². The molecule has 1 rings (SSSR count). The molecule has 0 fully saturated rings. The number of hydrogen-bond donors (Lipinski definition) is 0. The Morgan fingerprint density at radius 1 is 1.47 bits per heavy atom. The number of hydrogen-bond acceptors (Lipinski definition) is 4. The first-order chi connectivity index (χ1) is 6.88. The first kappa shape index (κ1) is 11.8. The maximum absolute atomic E-state index is 12.7.